The Morgan fingerprint density at radius 3 is 2.62 bits per heavy atom. The molecule has 2 aromatic carbocycles. The summed E-state index contributed by atoms with van der Waals surface area (Å²) < 4.78 is 5.48. The molecule has 0 unspecified atom stereocenters. The molecule has 3 nitrogen and oxygen atoms in total. The summed E-state index contributed by atoms with van der Waals surface area (Å²) >= 11 is 0. The third-order valence-electron chi connectivity index (χ3n) is 2.50. The van der Waals surface area contributed by atoms with Crippen LogP contribution in [0.2, 0.25) is 0 Å². The molecular weight excluding hydrogens is 202 g/mol. The highest BCUT2D eigenvalue weighted by Crippen LogP contribution is 2.20. The second-order valence-corrected chi connectivity index (χ2v) is 3.76. The van der Waals surface area contributed by atoms with Crippen LogP contribution in [0.15, 0.2) is 42.5 Å². The number of quaternary nitrogens is 1. The maximum Gasteiger partial charge on any atom is 0.136 e. The van der Waals surface area contributed by atoms with Gasteiger partial charge in [0.15, 0.2) is 0 Å². The lowest BCUT2D eigenvalue weighted by Gasteiger charge is -2.09. The summed E-state index contributed by atoms with van der Waals surface area (Å²) in [6.07, 6.45) is -0.494. The van der Waals surface area contributed by atoms with E-state index in [1.54, 1.807) is 0 Å². The number of aliphatic hydroxyl groups is 1. The molecule has 0 aliphatic carbocycles. The lowest BCUT2D eigenvalue weighted by molar-refractivity contribution is -0.384. The van der Waals surface area contributed by atoms with Gasteiger partial charge in [-0.15, -0.1) is 0 Å². The first kappa shape index (κ1) is 10.9. The van der Waals surface area contributed by atoms with Gasteiger partial charge in [0.2, 0.25) is 0 Å². The molecule has 0 amide bonds. The van der Waals surface area contributed by atoms with E-state index in [9.17, 15) is 5.11 Å². The molecule has 0 aromatic heterocycles. The fourth-order valence-corrected chi connectivity index (χ4v) is 1.53. The molecule has 1 atom stereocenters. The number of hydrogen-bond donors (Lipinski definition) is 2. The quantitative estimate of drug-likeness (QED) is 0.798. The first-order valence-corrected chi connectivity index (χ1v) is 5.38. The predicted octanol–water partition coefficient (Wildman–Crippen LogP) is 0.821. The van der Waals surface area contributed by atoms with Crippen LogP contribution in [0.5, 0.6) is 5.75 Å². The first-order chi connectivity index (χ1) is 7.79. The Kier molecular flexibility index (Phi) is 3.39. The van der Waals surface area contributed by atoms with Crippen molar-refractivity contribution < 1.29 is 15.6 Å². The molecule has 0 aliphatic rings. The topological polar surface area (TPSA) is 57.1 Å². The van der Waals surface area contributed by atoms with E-state index in [0.717, 1.165) is 11.1 Å². The lowest BCUT2D eigenvalue weighted by Crippen LogP contribution is -2.56. The maximum absolute atomic E-state index is 9.35. The van der Waals surface area contributed by atoms with Gasteiger partial charge in [-0.1, -0.05) is 30.3 Å². The van der Waals surface area contributed by atoms with Crippen molar-refractivity contribution in [3.8, 4) is 5.75 Å². The molecule has 0 radical (unpaired) electrons. The fourth-order valence-electron chi connectivity index (χ4n) is 1.53. The zero-order chi connectivity index (χ0) is 11.4. The second-order valence-electron chi connectivity index (χ2n) is 3.76. The van der Waals surface area contributed by atoms with Crippen molar-refractivity contribution in [3.63, 3.8) is 0 Å². The number of fused-ring (bicyclic) bond motifs is 1. The molecule has 2 aromatic rings. The third-order valence-corrected chi connectivity index (χ3v) is 2.50. The summed E-state index contributed by atoms with van der Waals surface area (Å²) in [6, 6.07) is 14.0. The fraction of sp³-hybridized carbons (Fsp3) is 0.231. The molecule has 0 fully saturated rings. The van der Waals surface area contributed by atoms with E-state index in [1.807, 2.05) is 36.4 Å². The van der Waals surface area contributed by atoms with Crippen LogP contribution >= 0.6 is 0 Å². The molecule has 2 rings (SSSR count). The number of aliphatic hydroxyl groups excluding tert-OH is 1. The van der Waals surface area contributed by atoms with Crippen LogP contribution in [0.3, 0.4) is 0 Å². The van der Waals surface area contributed by atoms with Crippen molar-refractivity contribution in [3.05, 3.63) is 42.5 Å². The molecule has 16 heavy (non-hydrogen) atoms. The Labute approximate surface area is 94.5 Å². The highest BCUT2D eigenvalue weighted by molar-refractivity contribution is 5.83. The van der Waals surface area contributed by atoms with Gasteiger partial charge >= 0.3 is 0 Å². The van der Waals surface area contributed by atoms with Crippen LogP contribution in [-0.4, -0.2) is 24.4 Å². The van der Waals surface area contributed by atoms with Gasteiger partial charge in [0.05, 0.1) is 0 Å². The van der Waals surface area contributed by atoms with Gasteiger partial charge in [-0.25, -0.2) is 0 Å². The van der Waals surface area contributed by atoms with Crippen LogP contribution in [0, 0.1) is 0 Å². The highest BCUT2D eigenvalue weighted by atomic mass is 16.5. The van der Waals surface area contributed by atoms with E-state index in [2.05, 4.69) is 11.8 Å². The lowest BCUT2D eigenvalue weighted by atomic mass is 10.1. The Morgan fingerprint density at radius 2 is 1.88 bits per heavy atom. The van der Waals surface area contributed by atoms with E-state index in [0.29, 0.717) is 13.2 Å². The van der Waals surface area contributed by atoms with Gasteiger partial charge in [0, 0.05) is 0 Å². The predicted molar refractivity (Wildman–Crippen MR) is 63.2 cm³/mol. The summed E-state index contributed by atoms with van der Waals surface area (Å²) in [5.74, 6) is 0.784. The number of benzene rings is 2. The van der Waals surface area contributed by atoms with Gasteiger partial charge in [-0.2, -0.15) is 0 Å². The van der Waals surface area contributed by atoms with E-state index < -0.39 is 6.10 Å². The zero-order valence-corrected chi connectivity index (χ0v) is 9.10. The third kappa shape index (κ3) is 2.51. The molecular formula is C13H16NO2+. The molecule has 3 heteroatoms. The zero-order valence-electron chi connectivity index (χ0n) is 9.10. The highest BCUT2D eigenvalue weighted by Gasteiger charge is 2.04. The van der Waals surface area contributed by atoms with Crippen LogP contribution < -0.4 is 10.5 Å². The minimum Gasteiger partial charge on any atom is -0.491 e. The van der Waals surface area contributed by atoms with E-state index in [1.165, 1.54) is 5.39 Å². The summed E-state index contributed by atoms with van der Waals surface area (Å²) in [4.78, 5) is 0. The minimum absolute atomic E-state index is 0.293. The number of hydrogen-bond acceptors (Lipinski definition) is 2. The normalized spacial score (nSPS) is 12.6. The average Bonchev–Trinajstić information content (AvgIpc) is 2.35. The summed E-state index contributed by atoms with van der Waals surface area (Å²) in [5.41, 5.74) is 3.62. The molecule has 0 bridgehead atoms. The monoisotopic (exact) mass is 218 g/mol. The smallest absolute Gasteiger partial charge is 0.136 e. The van der Waals surface area contributed by atoms with Crippen LogP contribution in [0.25, 0.3) is 10.8 Å². The van der Waals surface area contributed by atoms with E-state index >= 15 is 0 Å². The number of ether oxygens (including phenoxy) is 1. The molecule has 0 spiro atoms. The molecule has 0 saturated heterocycles. The summed E-state index contributed by atoms with van der Waals surface area (Å²) in [5, 5.41) is 11.7. The summed E-state index contributed by atoms with van der Waals surface area (Å²) in [7, 11) is 0. The van der Waals surface area contributed by atoms with Crippen molar-refractivity contribution in [1.29, 1.82) is 0 Å². The maximum atomic E-state index is 9.35. The van der Waals surface area contributed by atoms with Gasteiger partial charge < -0.3 is 15.6 Å². The Bertz CT molecular complexity index is 470. The SMILES string of the molecule is [NH3+]C[C@H](O)COc1ccc2ccccc2c1. The van der Waals surface area contributed by atoms with Crippen molar-refractivity contribution >= 4 is 10.8 Å². The van der Waals surface area contributed by atoms with Crippen LogP contribution in [0.1, 0.15) is 0 Å². The van der Waals surface area contributed by atoms with Gasteiger partial charge in [-0.3, -0.25) is 0 Å². The van der Waals surface area contributed by atoms with Crippen molar-refractivity contribution in [2.75, 3.05) is 13.2 Å². The Balaban J connectivity index is 2.13. The van der Waals surface area contributed by atoms with Crippen molar-refractivity contribution in [2.45, 2.75) is 6.10 Å². The molecule has 0 saturated carbocycles. The first-order valence-electron chi connectivity index (χ1n) is 5.38. The molecule has 0 aliphatic heterocycles. The van der Waals surface area contributed by atoms with Crippen LogP contribution in [-0.2, 0) is 0 Å². The summed E-state index contributed by atoms with van der Waals surface area (Å²) in [6.45, 7) is 0.759. The van der Waals surface area contributed by atoms with E-state index in [4.69, 9.17) is 4.74 Å². The average molecular weight is 218 g/mol. The Morgan fingerprint density at radius 1 is 1.12 bits per heavy atom. The van der Waals surface area contributed by atoms with Gasteiger partial charge in [0.25, 0.3) is 0 Å². The van der Waals surface area contributed by atoms with Crippen LogP contribution in [0.4, 0.5) is 0 Å². The van der Waals surface area contributed by atoms with E-state index in [-0.39, 0.29) is 0 Å². The van der Waals surface area contributed by atoms with Gasteiger partial charge in [-0.05, 0) is 22.9 Å². The van der Waals surface area contributed by atoms with Crippen molar-refractivity contribution in [2.24, 2.45) is 0 Å². The van der Waals surface area contributed by atoms with Crippen molar-refractivity contribution in [1.82, 2.24) is 0 Å². The largest absolute Gasteiger partial charge is 0.491 e. The molecule has 84 valence electrons. The number of rotatable bonds is 4. The standard InChI is InChI=1S/C13H15NO2/c14-8-12(15)9-16-13-6-5-10-3-1-2-4-11(10)7-13/h1-7,12,15H,8-9,14H2/p+1/t12-/m0/s1. The second kappa shape index (κ2) is 4.96. The molecule has 4 N–H and O–H groups in total. The van der Waals surface area contributed by atoms with Gasteiger partial charge in [0.1, 0.15) is 25.0 Å². The Hall–Kier alpha value is -1.58. The minimum atomic E-state index is -0.494. The molecule has 0 heterocycles.